The Kier molecular flexibility index (Phi) is 2.82. The lowest BCUT2D eigenvalue weighted by Gasteiger charge is -2.08. The topological polar surface area (TPSA) is 38.9 Å². The second kappa shape index (κ2) is 3.68. The third-order valence-electron chi connectivity index (χ3n) is 2.01. The van der Waals surface area contributed by atoms with E-state index in [0.29, 0.717) is 12.5 Å². The summed E-state index contributed by atoms with van der Waals surface area (Å²) in [4.78, 5) is 4.47. The first-order valence-electron chi connectivity index (χ1n) is 4.31. The molecule has 2 heteroatoms. The minimum atomic E-state index is 0.482. The van der Waals surface area contributed by atoms with Gasteiger partial charge in [-0.05, 0) is 24.5 Å². The Balaban J connectivity index is 3.05. The van der Waals surface area contributed by atoms with Crippen LogP contribution in [0.2, 0.25) is 0 Å². The molecule has 0 aliphatic carbocycles. The Morgan fingerprint density at radius 3 is 2.58 bits per heavy atom. The van der Waals surface area contributed by atoms with Crippen LogP contribution in [0.5, 0.6) is 0 Å². The van der Waals surface area contributed by atoms with E-state index in [-0.39, 0.29) is 0 Å². The van der Waals surface area contributed by atoms with Gasteiger partial charge in [-0.3, -0.25) is 4.98 Å². The number of rotatable bonds is 2. The van der Waals surface area contributed by atoms with Gasteiger partial charge in [0.05, 0.1) is 5.69 Å². The maximum atomic E-state index is 5.56. The van der Waals surface area contributed by atoms with Gasteiger partial charge in [0.15, 0.2) is 0 Å². The lowest BCUT2D eigenvalue weighted by atomic mass is 10.1. The number of hydrogen-bond donors (Lipinski definition) is 1. The van der Waals surface area contributed by atoms with Gasteiger partial charge in [-0.2, -0.15) is 0 Å². The fraction of sp³-hybridized carbons (Fsp3) is 0.500. The summed E-state index contributed by atoms with van der Waals surface area (Å²) in [5.74, 6) is 0.482. The van der Waals surface area contributed by atoms with Crippen LogP contribution in [0.15, 0.2) is 12.1 Å². The fourth-order valence-electron chi connectivity index (χ4n) is 1.12. The highest BCUT2D eigenvalue weighted by Gasteiger charge is 2.03. The zero-order valence-corrected chi connectivity index (χ0v) is 7.96. The van der Waals surface area contributed by atoms with Crippen molar-refractivity contribution in [2.24, 2.45) is 5.73 Å². The molecule has 66 valence electrons. The van der Waals surface area contributed by atoms with E-state index in [1.807, 2.05) is 6.92 Å². The van der Waals surface area contributed by atoms with Crippen LogP contribution in [0.1, 0.15) is 36.7 Å². The zero-order valence-electron chi connectivity index (χ0n) is 7.96. The van der Waals surface area contributed by atoms with Crippen LogP contribution in [0.4, 0.5) is 0 Å². The van der Waals surface area contributed by atoms with Crippen LogP contribution in [0.25, 0.3) is 0 Å². The van der Waals surface area contributed by atoms with Gasteiger partial charge in [0.25, 0.3) is 0 Å². The highest BCUT2D eigenvalue weighted by Crippen LogP contribution is 2.13. The third-order valence-corrected chi connectivity index (χ3v) is 2.01. The molecule has 0 spiro atoms. The molecule has 0 atom stereocenters. The van der Waals surface area contributed by atoms with Crippen LogP contribution in [-0.2, 0) is 6.54 Å². The molecule has 0 aromatic carbocycles. The number of aryl methyl sites for hydroxylation is 1. The molecule has 2 N–H and O–H groups in total. The highest BCUT2D eigenvalue weighted by atomic mass is 14.8. The Bertz CT molecular complexity index is 267. The molecule has 0 fully saturated rings. The summed E-state index contributed by atoms with van der Waals surface area (Å²) >= 11 is 0. The van der Waals surface area contributed by atoms with Crippen molar-refractivity contribution in [3.05, 3.63) is 29.1 Å². The molecule has 0 amide bonds. The maximum absolute atomic E-state index is 5.56. The van der Waals surface area contributed by atoms with Crippen molar-refractivity contribution in [3.8, 4) is 0 Å². The number of pyridine rings is 1. The molecule has 0 bridgehead atoms. The molecule has 2 nitrogen and oxygen atoms in total. The van der Waals surface area contributed by atoms with E-state index in [4.69, 9.17) is 5.73 Å². The van der Waals surface area contributed by atoms with Gasteiger partial charge in [-0.15, -0.1) is 0 Å². The molecule has 0 aliphatic rings. The number of aromatic nitrogens is 1. The smallest absolute Gasteiger partial charge is 0.0572 e. The molecule has 1 aromatic rings. The molecule has 0 saturated heterocycles. The first-order chi connectivity index (χ1) is 5.65. The average Bonchev–Trinajstić information content (AvgIpc) is 2.05. The SMILES string of the molecule is Cc1ccc(C(C)C)nc1CN. The van der Waals surface area contributed by atoms with Crippen molar-refractivity contribution in [2.45, 2.75) is 33.2 Å². The minimum absolute atomic E-state index is 0.482. The van der Waals surface area contributed by atoms with E-state index in [2.05, 4.69) is 31.0 Å². The minimum Gasteiger partial charge on any atom is -0.325 e. The van der Waals surface area contributed by atoms with E-state index in [9.17, 15) is 0 Å². The van der Waals surface area contributed by atoms with Gasteiger partial charge in [-0.25, -0.2) is 0 Å². The number of nitrogens with zero attached hydrogens (tertiary/aromatic N) is 1. The Hall–Kier alpha value is -0.890. The standard InChI is InChI=1S/C10H16N2/c1-7(2)9-5-4-8(3)10(6-11)12-9/h4-5,7H,6,11H2,1-3H3. The van der Waals surface area contributed by atoms with E-state index in [1.54, 1.807) is 0 Å². The fourth-order valence-corrected chi connectivity index (χ4v) is 1.12. The first kappa shape index (κ1) is 9.20. The Morgan fingerprint density at radius 1 is 1.42 bits per heavy atom. The normalized spacial score (nSPS) is 10.8. The summed E-state index contributed by atoms with van der Waals surface area (Å²) in [5.41, 5.74) is 8.88. The third kappa shape index (κ3) is 1.83. The zero-order chi connectivity index (χ0) is 9.14. The number of hydrogen-bond acceptors (Lipinski definition) is 2. The molecular formula is C10H16N2. The number of nitrogens with two attached hydrogens (primary N) is 1. The monoisotopic (exact) mass is 164 g/mol. The van der Waals surface area contributed by atoms with Crippen LogP contribution >= 0.6 is 0 Å². The molecule has 0 saturated carbocycles. The van der Waals surface area contributed by atoms with Crippen molar-refractivity contribution >= 4 is 0 Å². The van der Waals surface area contributed by atoms with E-state index in [0.717, 1.165) is 11.4 Å². The predicted octanol–water partition coefficient (Wildman–Crippen LogP) is 1.97. The Labute approximate surface area is 73.8 Å². The summed E-state index contributed by atoms with van der Waals surface area (Å²) in [6.07, 6.45) is 0. The van der Waals surface area contributed by atoms with E-state index >= 15 is 0 Å². The lowest BCUT2D eigenvalue weighted by Crippen LogP contribution is -2.05. The van der Waals surface area contributed by atoms with Crippen molar-refractivity contribution in [1.82, 2.24) is 4.98 Å². The Morgan fingerprint density at radius 2 is 2.08 bits per heavy atom. The summed E-state index contributed by atoms with van der Waals surface area (Å²) in [6, 6.07) is 4.16. The van der Waals surface area contributed by atoms with Crippen LogP contribution in [0, 0.1) is 6.92 Å². The van der Waals surface area contributed by atoms with Gasteiger partial charge in [0.2, 0.25) is 0 Å². The molecule has 0 unspecified atom stereocenters. The molecular weight excluding hydrogens is 148 g/mol. The quantitative estimate of drug-likeness (QED) is 0.725. The van der Waals surface area contributed by atoms with Gasteiger partial charge < -0.3 is 5.73 Å². The van der Waals surface area contributed by atoms with Gasteiger partial charge in [-0.1, -0.05) is 19.9 Å². The lowest BCUT2D eigenvalue weighted by molar-refractivity contribution is 0.799. The molecule has 1 heterocycles. The first-order valence-corrected chi connectivity index (χ1v) is 4.31. The van der Waals surface area contributed by atoms with Gasteiger partial charge in [0.1, 0.15) is 0 Å². The highest BCUT2D eigenvalue weighted by molar-refractivity contribution is 5.22. The summed E-state index contributed by atoms with van der Waals surface area (Å²) in [7, 11) is 0. The van der Waals surface area contributed by atoms with Crippen LogP contribution in [0.3, 0.4) is 0 Å². The van der Waals surface area contributed by atoms with Crippen molar-refractivity contribution in [1.29, 1.82) is 0 Å². The molecule has 0 aliphatic heterocycles. The molecule has 12 heavy (non-hydrogen) atoms. The second-order valence-electron chi connectivity index (χ2n) is 3.36. The largest absolute Gasteiger partial charge is 0.325 e. The van der Waals surface area contributed by atoms with Crippen molar-refractivity contribution in [2.75, 3.05) is 0 Å². The summed E-state index contributed by atoms with van der Waals surface area (Å²) in [5, 5.41) is 0. The average molecular weight is 164 g/mol. The molecule has 1 aromatic heterocycles. The van der Waals surface area contributed by atoms with E-state index in [1.165, 1.54) is 5.56 Å². The second-order valence-corrected chi connectivity index (χ2v) is 3.36. The maximum Gasteiger partial charge on any atom is 0.0572 e. The summed E-state index contributed by atoms with van der Waals surface area (Å²) in [6.45, 7) is 6.85. The predicted molar refractivity (Wildman–Crippen MR) is 51.0 cm³/mol. The van der Waals surface area contributed by atoms with Crippen molar-refractivity contribution in [3.63, 3.8) is 0 Å². The van der Waals surface area contributed by atoms with Gasteiger partial charge >= 0.3 is 0 Å². The van der Waals surface area contributed by atoms with Crippen LogP contribution in [-0.4, -0.2) is 4.98 Å². The van der Waals surface area contributed by atoms with E-state index < -0.39 is 0 Å². The van der Waals surface area contributed by atoms with Gasteiger partial charge in [0, 0.05) is 12.2 Å². The summed E-state index contributed by atoms with van der Waals surface area (Å²) < 4.78 is 0. The molecule has 0 radical (unpaired) electrons. The molecule has 1 rings (SSSR count). The van der Waals surface area contributed by atoms with Crippen molar-refractivity contribution < 1.29 is 0 Å². The van der Waals surface area contributed by atoms with Crippen LogP contribution < -0.4 is 5.73 Å².